The van der Waals surface area contributed by atoms with Crippen LogP contribution >= 0.6 is 11.8 Å². The van der Waals surface area contributed by atoms with Crippen molar-refractivity contribution in [2.75, 3.05) is 19.3 Å². The van der Waals surface area contributed by atoms with Crippen molar-refractivity contribution in [1.29, 1.82) is 0 Å². The molecule has 2 N–H and O–H groups in total. The van der Waals surface area contributed by atoms with Gasteiger partial charge in [0.1, 0.15) is 0 Å². The van der Waals surface area contributed by atoms with E-state index >= 15 is 0 Å². The van der Waals surface area contributed by atoms with Gasteiger partial charge in [-0.25, -0.2) is 0 Å². The molecular weight excluding hydrogens is 240 g/mol. The molecule has 0 saturated carbocycles. The summed E-state index contributed by atoms with van der Waals surface area (Å²) in [5.74, 6) is 1.23. The highest BCUT2D eigenvalue weighted by Crippen LogP contribution is 2.39. The molecular formula is C15H24N2S. The van der Waals surface area contributed by atoms with Crippen LogP contribution in [0.3, 0.4) is 0 Å². The zero-order valence-electron chi connectivity index (χ0n) is 11.6. The van der Waals surface area contributed by atoms with Crippen molar-refractivity contribution in [3.63, 3.8) is 0 Å². The van der Waals surface area contributed by atoms with E-state index in [1.807, 2.05) is 11.8 Å². The van der Waals surface area contributed by atoms with Gasteiger partial charge in [-0.05, 0) is 31.7 Å². The Morgan fingerprint density at radius 3 is 2.83 bits per heavy atom. The van der Waals surface area contributed by atoms with Crippen molar-refractivity contribution in [2.45, 2.75) is 37.6 Å². The zero-order chi connectivity index (χ0) is 13.2. The summed E-state index contributed by atoms with van der Waals surface area (Å²) in [5, 5.41) is 0.623. The maximum absolute atomic E-state index is 6.09. The van der Waals surface area contributed by atoms with E-state index in [0.29, 0.717) is 5.25 Å². The zero-order valence-corrected chi connectivity index (χ0v) is 12.5. The van der Waals surface area contributed by atoms with Crippen LogP contribution in [0.5, 0.6) is 0 Å². The molecule has 2 nitrogen and oxygen atoms in total. The predicted octanol–water partition coefficient (Wildman–Crippen LogP) is 2.65. The van der Waals surface area contributed by atoms with E-state index in [0.717, 1.165) is 13.1 Å². The van der Waals surface area contributed by atoms with Gasteiger partial charge >= 0.3 is 0 Å². The summed E-state index contributed by atoms with van der Waals surface area (Å²) in [7, 11) is 2.22. The van der Waals surface area contributed by atoms with Gasteiger partial charge in [-0.2, -0.15) is 11.8 Å². The summed E-state index contributed by atoms with van der Waals surface area (Å²) in [5.41, 5.74) is 8.98. The quantitative estimate of drug-likeness (QED) is 0.906. The second-order valence-electron chi connectivity index (χ2n) is 5.42. The predicted molar refractivity (Wildman–Crippen MR) is 81.0 cm³/mol. The van der Waals surface area contributed by atoms with E-state index < -0.39 is 0 Å². The van der Waals surface area contributed by atoms with Crippen molar-refractivity contribution in [3.8, 4) is 0 Å². The van der Waals surface area contributed by atoms with Crippen LogP contribution < -0.4 is 5.73 Å². The molecule has 2 atom stereocenters. The van der Waals surface area contributed by atoms with Gasteiger partial charge in [-0.1, -0.05) is 36.8 Å². The second-order valence-corrected chi connectivity index (χ2v) is 6.86. The summed E-state index contributed by atoms with van der Waals surface area (Å²) < 4.78 is 0. The number of benzene rings is 1. The molecule has 2 unspecified atom stereocenters. The first-order valence-electron chi connectivity index (χ1n) is 6.67. The molecule has 0 bridgehead atoms. The Labute approximate surface area is 115 Å². The SMILES string of the molecule is Cc1cccc(CN(C)C2(CN)CCSC2C)c1. The smallest absolute Gasteiger partial charge is 0.0455 e. The van der Waals surface area contributed by atoms with Crippen molar-refractivity contribution in [3.05, 3.63) is 35.4 Å². The van der Waals surface area contributed by atoms with Crippen LogP contribution in [-0.4, -0.2) is 35.0 Å². The fourth-order valence-corrected chi connectivity index (χ4v) is 4.47. The number of aryl methyl sites for hydroxylation is 1. The number of thioether (sulfide) groups is 1. The number of hydrogen-bond acceptors (Lipinski definition) is 3. The summed E-state index contributed by atoms with van der Waals surface area (Å²) in [6, 6.07) is 8.77. The summed E-state index contributed by atoms with van der Waals surface area (Å²) in [6.45, 7) is 6.21. The molecule has 0 aliphatic carbocycles. The van der Waals surface area contributed by atoms with Gasteiger partial charge in [0.15, 0.2) is 0 Å². The highest BCUT2D eigenvalue weighted by molar-refractivity contribution is 8.00. The standard InChI is InChI=1S/C15H24N2S/c1-12-5-4-6-14(9-12)10-17(3)15(11-16)7-8-18-13(15)2/h4-6,9,13H,7-8,10-11,16H2,1-3H3. The fraction of sp³-hybridized carbons (Fsp3) is 0.600. The number of hydrogen-bond donors (Lipinski definition) is 1. The molecule has 18 heavy (non-hydrogen) atoms. The lowest BCUT2D eigenvalue weighted by Crippen LogP contribution is -2.55. The monoisotopic (exact) mass is 264 g/mol. The molecule has 0 spiro atoms. The first kappa shape index (κ1) is 13.9. The van der Waals surface area contributed by atoms with Crippen LogP contribution in [0, 0.1) is 6.92 Å². The van der Waals surface area contributed by atoms with Crippen LogP contribution in [0.25, 0.3) is 0 Å². The van der Waals surface area contributed by atoms with E-state index in [9.17, 15) is 0 Å². The van der Waals surface area contributed by atoms with Gasteiger partial charge in [0.25, 0.3) is 0 Å². The Morgan fingerprint density at radius 1 is 1.50 bits per heavy atom. The number of nitrogens with zero attached hydrogens (tertiary/aromatic N) is 1. The largest absolute Gasteiger partial charge is 0.329 e. The van der Waals surface area contributed by atoms with Crippen LogP contribution in [0.2, 0.25) is 0 Å². The third-order valence-corrected chi connectivity index (χ3v) is 5.65. The van der Waals surface area contributed by atoms with Crippen molar-refractivity contribution in [1.82, 2.24) is 4.90 Å². The first-order valence-corrected chi connectivity index (χ1v) is 7.72. The van der Waals surface area contributed by atoms with Gasteiger partial charge in [0.2, 0.25) is 0 Å². The van der Waals surface area contributed by atoms with Crippen LogP contribution in [0.15, 0.2) is 24.3 Å². The summed E-state index contributed by atoms with van der Waals surface area (Å²) >= 11 is 2.05. The molecule has 100 valence electrons. The molecule has 0 amide bonds. The molecule has 0 aromatic heterocycles. The minimum atomic E-state index is 0.175. The number of nitrogens with two attached hydrogens (primary N) is 1. The van der Waals surface area contributed by atoms with E-state index in [4.69, 9.17) is 5.73 Å². The normalized spacial score (nSPS) is 27.9. The van der Waals surface area contributed by atoms with E-state index in [2.05, 4.69) is 50.1 Å². The minimum absolute atomic E-state index is 0.175. The van der Waals surface area contributed by atoms with Crippen LogP contribution in [-0.2, 0) is 6.54 Å². The van der Waals surface area contributed by atoms with E-state index in [1.165, 1.54) is 23.3 Å². The highest BCUT2D eigenvalue weighted by atomic mass is 32.2. The molecule has 1 heterocycles. The third-order valence-electron chi connectivity index (χ3n) is 4.28. The van der Waals surface area contributed by atoms with E-state index in [1.54, 1.807) is 0 Å². The molecule has 1 fully saturated rings. The Bertz CT molecular complexity index is 407. The van der Waals surface area contributed by atoms with E-state index in [-0.39, 0.29) is 5.54 Å². The van der Waals surface area contributed by atoms with Gasteiger partial charge in [0.05, 0.1) is 0 Å². The van der Waals surface area contributed by atoms with Gasteiger partial charge < -0.3 is 5.73 Å². The maximum atomic E-state index is 6.09. The molecule has 1 saturated heterocycles. The average Bonchev–Trinajstić information content (AvgIpc) is 2.71. The minimum Gasteiger partial charge on any atom is -0.329 e. The Hall–Kier alpha value is -0.510. The first-order chi connectivity index (χ1) is 8.58. The average molecular weight is 264 g/mol. The van der Waals surface area contributed by atoms with Crippen molar-refractivity contribution < 1.29 is 0 Å². The second kappa shape index (κ2) is 5.64. The fourth-order valence-electron chi connectivity index (χ4n) is 2.94. The lowest BCUT2D eigenvalue weighted by molar-refractivity contribution is 0.122. The summed E-state index contributed by atoms with van der Waals surface area (Å²) in [6.07, 6.45) is 1.21. The molecule has 1 aliphatic heterocycles. The Morgan fingerprint density at radius 2 is 2.28 bits per heavy atom. The molecule has 1 aliphatic rings. The van der Waals surface area contributed by atoms with Crippen LogP contribution in [0.1, 0.15) is 24.5 Å². The van der Waals surface area contributed by atoms with Crippen LogP contribution in [0.4, 0.5) is 0 Å². The molecule has 0 radical (unpaired) electrons. The molecule has 3 heteroatoms. The van der Waals surface area contributed by atoms with Crippen molar-refractivity contribution >= 4 is 11.8 Å². The topological polar surface area (TPSA) is 29.3 Å². The molecule has 1 aromatic rings. The molecule has 1 aromatic carbocycles. The van der Waals surface area contributed by atoms with Gasteiger partial charge in [-0.3, -0.25) is 4.90 Å². The van der Waals surface area contributed by atoms with Crippen molar-refractivity contribution in [2.24, 2.45) is 5.73 Å². The lowest BCUT2D eigenvalue weighted by atomic mass is 9.90. The summed E-state index contributed by atoms with van der Waals surface area (Å²) in [4.78, 5) is 2.46. The lowest BCUT2D eigenvalue weighted by Gasteiger charge is -2.41. The Kier molecular flexibility index (Phi) is 4.36. The Balaban J connectivity index is 2.13. The number of likely N-dealkylation sites (N-methyl/N-ethyl adjacent to an activating group) is 1. The number of rotatable bonds is 4. The highest BCUT2D eigenvalue weighted by Gasteiger charge is 2.42. The van der Waals surface area contributed by atoms with Gasteiger partial charge in [-0.15, -0.1) is 0 Å². The third kappa shape index (κ3) is 2.58. The van der Waals surface area contributed by atoms with Gasteiger partial charge in [0, 0.05) is 23.9 Å². The maximum Gasteiger partial charge on any atom is 0.0455 e. The molecule has 2 rings (SSSR count).